The van der Waals surface area contributed by atoms with E-state index in [0.717, 1.165) is 6.07 Å². The standard InChI is InChI=1S/C12H16F2N2O3/c1-2-9(17)3-4-15-7-8-5-12(16(18)19)11(14)6-10(8)13/h5-6,9,15,17H,2-4,7H2,1H3. The SMILES string of the molecule is CCC(O)CCNCc1cc([N+](=O)[O-])c(F)cc1F. The summed E-state index contributed by atoms with van der Waals surface area (Å²) in [6.45, 7) is 2.33. The van der Waals surface area contributed by atoms with Crippen molar-refractivity contribution in [3.8, 4) is 0 Å². The van der Waals surface area contributed by atoms with Crippen LogP contribution in [0.2, 0.25) is 0 Å². The first-order valence-electron chi connectivity index (χ1n) is 5.96. The lowest BCUT2D eigenvalue weighted by Gasteiger charge is -2.09. The van der Waals surface area contributed by atoms with Crippen molar-refractivity contribution < 1.29 is 18.8 Å². The molecule has 19 heavy (non-hydrogen) atoms. The molecular formula is C12H16F2N2O3. The van der Waals surface area contributed by atoms with E-state index in [9.17, 15) is 24.0 Å². The fraction of sp³-hybridized carbons (Fsp3) is 0.500. The molecule has 0 aliphatic carbocycles. The Kier molecular flexibility index (Phi) is 5.78. The van der Waals surface area contributed by atoms with Crippen LogP contribution in [-0.4, -0.2) is 22.7 Å². The van der Waals surface area contributed by atoms with Crippen LogP contribution in [-0.2, 0) is 6.54 Å². The largest absolute Gasteiger partial charge is 0.393 e. The van der Waals surface area contributed by atoms with Crippen molar-refractivity contribution in [1.29, 1.82) is 0 Å². The molecule has 1 aromatic carbocycles. The van der Waals surface area contributed by atoms with Crippen molar-refractivity contribution in [3.05, 3.63) is 39.4 Å². The third kappa shape index (κ3) is 4.53. The molecule has 1 unspecified atom stereocenters. The van der Waals surface area contributed by atoms with Gasteiger partial charge in [-0.2, -0.15) is 4.39 Å². The fourth-order valence-electron chi connectivity index (χ4n) is 1.55. The Morgan fingerprint density at radius 2 is 2.11 bits per heavy atom. The van der Waals surface area contributed by atoms with Gasteiger partial charge in [0.15, 0.2) is 0 Å². The van der Waals surface area contributed by atoms with Crippen molar-refractivity contribution in [1.82, 2.24) is 5.32 Å². The Morgan fingerprint density at radius 3 is 2.68 bits per heavy atom. The number of benzene rings is 1. The summed E-state index contributed by atoms with van der Waals surface area (Å²) >= 11 is 0. The van der Waals surface area contributed by atoms with Gasteiger partial charge in [0.1, 0.15) is 5.82 Å². The molecule has 0 aliphatic rings. The molecule has 0 spiro atoms. The second-order valence-electron chi connectivity index (χ2n) is 4.18. The predicted molar refractivity (Wildman–Crippen MR) is 65.6 cm³/mol. The highest BCUT2D eigenvalue weighted by Crippen LogP contribution is 2.21. The van der Waals surface area contributed by atoms with E-state index in [-0.39, 0.29) is 12.1 Å². The molecule has 2 N–H and O–H groups in total. The van der Waals surface area contributed by atoms with E-state index in [1.165, 1.54) is 0 Å². The van der Waals surface area contributed by atoms with Gasteiger partial charge < -0.3 is 10.4 Å². The van der Waals surface area contributed by atoms with E-state index in [4.69, 9.17) is 0 Å². The van der Waals surface area contributed by atoms with Crippen LogP contribution in [0.25, 0.3) is 0 Å². The molecule has 0 aliphatic heterocycles. The monoisotopic (exact) mass is 274 g/mol. The highest BCUT2D eigenvalue weighted by atomic mass is 19.1. The summed E-state index contributed by atoms with van der Waals surface area (Å²) in [5.41, 5.74) is -0.717. The zero-order valence-corrected chi connectivity index (χ0v) is 10.5. The van der Waals surface area contributed by atoms with Crippen LogP contribution in [0, 0.1) is 21.7 Å². The average molecular weight is 274 g/mol. The third-order valence-electron chi connectivity index (χ3n) is 2.75. The lowest BCUT2D eigenvalue weighted by molar-refractivity contribution is -0.387. The van der Waals surface area contributed by atoms with E-state index in [1.54, 1.807) is 0 Å². The summed E-state index contributed by atoms with van der Waals surface area (Å²) in [5, 5.41) is 22.7. The number of nitro groups is 1. The molecule has 1 aromatic rings. The van der Waals surface area contributed by atoms with Gasteiger partial charge in [-0.25, -0.2) is 4.39 Å². The number of hydrogen-bond acceptors (Lipinski definition) is 4. The van der Waals surface area contributed by atoms with Crippen molar-refractivity contribution in [2.24, 2.45) is 0 Å². The first-order chi connectivity index (χ1) is 8.95. The number of aliphatic hydroxyl groups is 1. The molecule has 0 aromatic heterocycles. The Hall–Kier alpha value is -1.60. The molecule has 0 saturated heterocycles. The van der Waals surface area contributed by atoms with Gasteiger partial charge in [-0.3, -0.25) is 10.1 Å². The van der Waals surface area contributed by atoms with Gasteiger partial charge in [0.25, 0.3) is 0 Å². The molecule has 106 valence electrons. The lowest BCUT2D eigenvalue weighted by atomic mass is 10.1. The minimum atomic E-state index is -1.19. The molecule has 0 saturated carbocycles. The minimum Gasteiger partial charge on any atom is -0.393 e. The van der Waals surface area contributed by atoms with Crippen LogP contribution >= 0.6 is 0 Å². The van der Waals surface area contributed by atoms with Gasteiger partial charge in [0.2, 0.25) is 5.82 Å². The zero-order chi connectivity index (χ0) is 14.4. The molecule has 1 rings (SSSR count). The molecular weight excluding hydrogens is 258 g/mol. The summed E-state index contributed by atoms with van der Waals surface area (Å²) in [6.07, 6.45) is 0.694. The van der Waals surface area contributed by atoms with Crippen molar-refractivity contribution in [2.75, 3.05) is 6.54 Å². The van der Waals surface area contributed by atoms with Crippen LogP contribution in [0.1, 0.15) is 25.3 Å². The van der Waals surface area contributed by atoms with Crippen molar-refractivity contribution in [2.45, 2.75) is 32.4 Å². The maximum Gasteiger partial charge on any atom is 0.305 e. The van der Waals surface area contributed by atoms with Crippen molar-refractivity contribution >= 4 is 5.69 Å². The van der Waals surface area contributed by atoms with E-state index < -0.39 is 28.3 Å². The molecule has 5 nitrogen and oxygen atoms in total. The average Bonchev–Trinajstić information content (AvgIpc) is 2.35. The van der Waals surface area contributed by atoms with Gasteiger partial charge in [0.05, 0.1) is 11.0 Å². The fourth-order valence-corrected chi connectivity index (χ4v) is 1.55. The van der Waals surface area contributed by atoms with E-state index in [2.05, 4.69) is 5.32 Å². The summed E-state index contributed by atoms with van der Waals surface area (Å²) in [5.74, 6) is -2.01. The van der Waals surface area contributed by atoms with Gasteiger partial charge in [0, 0.05) is 24.2 Å². The number of hydrogen-bond donors (Lipinski definition) is 2. The second kappa shape index (κ2) is 7.10. The predicted octanol–water partition coefficient (Wildman–Crippen LogP) is 2.12. The van der Waals surface area contributed by atoms with Crippen LogP contribution in [0.4, 0.5) is 14.5 Å². The Balaban J connectivity index is 2.63. The lowest BCUT2D eigenvalue weighted by Crippen LogP contribution is -2.20. The van der Waals surface area contributed by atoms with Crippen LogP contribution < -0.4 is 5.32 Å². The number of nitro benzene ring substituents is 1. The first-order valence-corrected chi connectivity index (χ1v) is 5.96. The zero-order valence-electron chi connectivity index (χ0n) is 10.5. The number of rotatable bonds is 7. The molecule has 0 fully saturated rings. The van der Waals surface area contributed by atoms with Gasteiger partial charge in [-0.1, -0.05) is 6.92 Å². The normalized spacial score (nSPS) is 12.4. The number of nitrogens with one attached hydrogen (secondary N) is 1. The Morgan fingerprint density at radius 1 is 1.42 bits per heavy atom. The first kappa shape index (κ1) is 15.5. The number of halogens is 2. The number of nitrogens with zero attached hydrogens (tertiary/aromatic N) is 1. The van der Waals surface area contributed by atoms with E-state index in [0.29, 0.717) is 25.5 Å². The quantitative estimate of drug-likeness (QED) is 0.453. The summed E-state index contributed by atoms with van der Waals surface area (Å²) in [4.78, 5) is 9.64. The molecule has 0 bridgehead atoms. The van der Waals surface area contributed by atoms with Gasteiger partial charge in [-0.15, -0.1) is 0 Å². The smallest absolute Gasteiger partial charge is 0.305 e. The Bertz CT molecular complexity index is 455. The molecule has 0 heterocycles. The third-order valence-corrected chi connectivity index (χ3v) is 2.75. The summed E-state index contributed by atoms with van der Waals surface area (Å²) in [6, 6.07) is 1.39. The maximum absolute atomic E-state index is 13.4. The van der Waals surface area contributed by atoms with Gasteiger partial charge >= 0.3 is 5.69 Å². The Labute approximate surface area is 109 Å². The summed E-state index contributed by atoms with van der Waals surface area (Å²) < 4.78 is 26.5. The van der Waals surface area contributed by atoms with Crippen molar-refractivity contribution in [3.63, 3.8) is 0 Å². The topological polar surface area (TPSA) is 75.4 Å². The van der Waals surface area contributed by atoms with Crippen LogP contribution in [0.3, 0.4) is 0 Å². The van der Waals surface area contributed by atoms with Crippen LogP contribution in [0.15, 0.2) is 12.1 Å². The van der Waals surface area contributed by atoms with E-state index in [1.807, 2.05) is 6.92 Å². The minimum absolute atomic E-state index is 0.0269. The van der Waals surface area contributed by atoms with Crippen LogP contribution in [0.5, 0.6) is 0 Å². The highest BCUT2D eigenvalue weighted by molar-refractivity contribution is 5.37. The second-order valence-corrected chi connectivity index (χ2v) is 4.18. The molecule has 7 heteroatoms. The number of aliphatic hydroxyl groups excluding tert-OH is 1. The highest BCUT2D eigenvalue weighted by Gasteiger charge is 2.18. The molecule has 0 radical (unpaired) electrons. The van der Waals surface area contributed by atoms with E-state index >= 15 is 0 Å². The molecule has 1 atom stereocenters. The maximum atomic E-state index is 13.4. The summed E-state index contributed by atoms with van der Waals surface area (Å²) in [7, 11) is 0. The molecule has 0 amide bonds. The van der Waals surface area contributed by atoms with Gasteiger partial charge in [-0.05, 0) is 19.4 Å².